The molecular formula is C16H22N6O2. The highest BCUT2D eigenvalue weighted by molar-refractivity contribution is 5.94. The Labute approximate surface area is 140 Å². The molecule has 128 valence electrons. The fraction of sp³-hybridized carbons (Fsp3) is 0.625. The van der Waals surface area contributed by atoms with Crippen molar-refractivity contribution in [1.29, 1.82) is 0 Å². The van der Waals surface area contributed by atoms with Crippen LogP contribution in [0.1, 0.15) is 59.3 Å². The number of aromatic amines is 2. The van der Waals surface area contributed by atoms with Crippen molar-refractivity contribution in [3.8, 4) is 0 Å². The molecule has 1 aliphatic heterocycles. The lowest BCUT2D eigenvalue weighted by Gasteiger charge is -2.22. The Bertz CT molecular complexity index is 710. The molecule has 0 bridgehead atoms. The van der Waals surface area contributed by atoms with E-state index >= 15 is 0 Å². The topological polar surface area (TPSA) is 99.8 Å². The first-order valence-electron chi connectivity index (χ1n) is 8.53. The third-order valence-corrected chi connectivity index (χ3v) is 5.12. The molecule has 2 aromatic heterocycles. The number of amides is 1. The van der Waals surface area contributed by atoms with Crippen LogP contribution in [0.4, 0.5) is 0 Å². The van der Waals surface area contributed by atoms with Crippen molar-refractivity contribution in [3.05, 3.63) is 29.1 Å². The van der Waals surface area contributed by atoms with Gasteiger partial charge in [-0.2, -0.15) is 10.2 Å². The number of rotatable bonds is 3. The van der Waals surface area contributed by atoms with E-state index in [2.05, 4.69) is 25.4 Å². The molecule has 2 aromatic rings. The van der Waals surface area contributed by atoms with Gasteiger partial charge in [0.15, 0.2) is 5.69 Å². The predicted molar refractivity (Wildman–Crippen MR) is 85.4 cm³/mol. The van der Waals surface area contributed by atoms with Crippen molar-refractivity contribution < 1.29 is 9.53 Å². The molecule has 0 radical (unpaired) electrons. The summed E-state index contributed by atoms with van der Waals surface area (Å²) in [7, 11) is 1.68. The fourth-order valence-electron chi connectivity index (χ4n) is 3.80. The summed E-state index contributed by atoms with van der Waals surface area (Å²) in [5.41, 5.74) is 2.78. The summed E-state index contributed by atoms with van der Waals surface area (Å²) >= 11 is 0. The van der Waals surface area contributed by atoms with Crippen molar-refractivity contribution in [2.45, 2.75) is 50.7 Å². The fourth-order valence-corrected chi connectivity index (χ4v) is 3.80. The molecule has 8 nitrogen and oxygen atoms in total. The number of fused-ring (bicyclic) bond motifs is 1. The van der Waals surface area contributed by atoms with Crippen molar-refractivity contribution in [1.82, 2.24) is 30.3 Å². The average Bonchev–Trinajstić information content (AvgIpc) is 3.31. The molecule has 3 heterocycles. The molecule has 4 rings (SSSR count). The highest BCUT2D eigenvalue weighted by Gasteiger charge is 2.40. The molecule has 0 aromatic carbocycles. The second-order valence-corrected chi connectivity index (χ2v) is 6.53. The Balaban J connectivity index is 1.64. The van der Waals surface area contributed by atoms with Gasteiger partial charge in [-0.1, -0.05) is 6.42 Å². The number of nitrogens with one attached hydrogen (secondary N) is 2. The number of H-pyrrole nitrogens is 2. The second kappa shape index (κ2) is 6.35. The Kier molecular flexibility index (Phi) is 4.05. The number of likely N-dealkylation sites (tertiary alicyclic amines) is 1. The number of nitrogens with zero attached hydrogens (tertiary/aromatic N) is 4. The van der Waals surface area contributed by atoms with Gasteiger partial charge in [0.1, 0.15) is 12.2 Å². The Morgan fingerprint density at radius 2 is 2.17 bits per heavy atom. The lowest BCUT2D eigenvalue weighted by Crippen LogP contribution is -2.33. The maximum Gasteiger partial charge on any atom is 0.275 e. The van der Waals surface area contributed by atoms with Crippen LogP contribution in [0, 0.1) is 0 Å². The van der Waals surface area contributed by atoms with Crippen LogP contribution in [-0.2, 0) is 17.6 Å². The predicted octanol–water partition coefficient (Wildman–Crippen LogP) is 1.40. The monoisotopic (exact) mass is 330 g/mol. The minimum absolute atomic E-state index is 0.00148. The minimum Gasteiger partial charge on any atom is -0.380 e. The maximum atomic E-state index is 13.2. The van der Waals surface area contributed by atoms with Crippen LogP contribution < -0.4 is 0 Å². The number of hydrogen-bond acceptors (Lipinski definition) is 5. The molecule has 0 unspecified atom stereocenters. The normalized spacial score (nSPS) is 24.0. The van der Waals surface area contributed by atoms with Crippen LogP contribution in [0.15, 0.2) is 6.33 Å². The van der Waals surface area contributed by atoms with E-state index in [0.717, 1.165) is 36.9 Å². The number of hydrogen-bond donors (Lipinski definition) is 2. The van der Waals surface area contributed by atoms with Gasteiger partial charge in [-0.25, -0.2) is 4.98 Å². The van der Waals surface area contributed by atoms with Crippen molar-refractivity contribution in [2.24, 2.45) is 0 Å². The van der Waals surface area contributed by atoms with E-state index in [0.29, 0.717) is 24.5 Å². The quantitative estimate of drug-likeness (QED) is 0.829. The molecule has 2 atom stereocenters. The standard InChI is InChI=1S/C16H22N6O2/c1-24-10-7-13(15-17-9-18-21-15)22(8-10)16(23)14-11-5-3-2-4-6-12(11)19-20-14/h9-10,13H,2-8H2,1H3,(H,19,20)(H,17,18,21)/t10-,13+/m1/s1. The van der Waals surface area contributed by atoms with Gasteiger partial charge in [0.25, 0.3) is 5.91 Å². The SMILES string of the molecule is CO[C@@H]1C[C@@H](c2ncn[nH]2)N(C(=O)c2n[nH]c3c2CCCCC3)C1. The van der Waals surface area contributed by atoms with Crippen LogP contribution in [0.25, 0.3) is 0 Å². The zero-order valence-electron chi connectivity index (χ0n) is 13.8. The summed E-state index contributed by atoms with van der Waals surface area (Å²) in [5.74, 6) is 0.653. The third-order valence-electron chi connectivity index (χ3n) is 5.12. The van der Waals surface area contributed by atoms with Gasteiger partial charge >= 0.3 is 0 Å². The van der Waals surface area contributed by atoms with Gasteiger partial charge in [-0.3, -0.25) is 15.0 Å². The number of methoxy groups -OCH3 is 1. The summed E-state index contributed by atoms with van der Waals surface area (Å²) in [6.45, 7) is 0.544. The summed E-state index contributed by atoms with van der Waals surface area (Å²) in [4.78, 5) is 19.2. The minimum atomic E-state index is -0.150. The van der Waals surface area contributed by atoms with Gasteiger partial charge < -0.3 is 9.64 Å². The molecule has 1 aliphatic carbocycles. The van der Waals surface area contributed by atoms with Crippen LogP contribution in [-0.4, -0.2) is 55.9 Å². The molecule has 1 amide bonds. The van der Waals surface area contributed by atoms with E-state index in [-0.39, 0.29) is 18.1 Å². The van der Waals surface area contributed by atoms with E-state index < -0.39 is 0 Å². The van der Waals surface area contributed by atoms with E-state index in [1.165, 1.54) is 12.7 Å². The van der Waals surface area contributed by atoms with Crippen LogP contribution >= 0.6 is 0 Å². The van der Waals surface area contributed by atoms with E-state index in [9.17, 15) is 4.79 Å². The molecular weight excluding hydrogens is 308 g/mol. The lowest BCUT2D eigenvalue weighted by atomic mass is 10.1. The number of aryl methyl sites for hydroxylation is 1. The first-order chi connectivity index (χ1) is 11.8. The summed E-state index contributed by atoms with van der Waals surface area (Å²) in [5, 5.41) is 14.2. The number of carbonyl (C=O) groups is 1. The summed E-state index contributed by atoms with van der Waals surface area (Å²) in [6.07, 6.45) is 7.54. The lowest BCUT2D eigenvalue weighted by molar-refractivity contribution is 0.0677. The van der Waals surface area contributed by atoms with Crippen molar-refractivity contribution in [3.63, 3.8) is 0 Å². The molecule has 8 heteroatoms. The zero-order valence-corrected chi connectivity index (χ0v) is 13.8. The average molecular weight is 330 g/mol. The molecule has 1 fully saturated rings. The van der Waals surface area contributed by atoms with Gasteiger partial charge in [0.2, 0.25) is 0 Å². The maximum absolute atomic E-state index is 13.2. The molecule has 0 spiro atoms. The molecule has 24 heavy (non-hydrogen) atoms. The smallest absolute Gasteiger partial charge is 0.275 e. The van der Waals surface area contributed by atoms with Crippen molar-refractivity contribution >= 4 is 5.91 Å². The first-order valence-corrected chi connectivity index (χ1v) is 8.53. The van der Waals surface area contributed by atoms with Crippen LogP contribution in [0.3, 0.4) is 0 Å². The second-order valence-electron chi connectivity index (χ2n) is 6.53. The van der Waals surface area contributed by atoms with E-state index in [4.69, 9.17) is 4.74 Å². The van der Waals surface area contributed by atoms with Crippen molar-refractivity contribution in [2.75, 3.05) is 13.7 Å². The zero-order chi connectivity index (χ0) is 16.5. The highest BCUT2D eigenvalue weighted by atomic mass is 16.5. The van der Waals surface area contributed by atoms with Gasteiger partial charge in [0, 0.05) is 31.3 Å². The first kappa shape index (κ1) is 15.3. The summed E-state index contributed by atoms with van der Waals surface area (Å²) in [6, 6.07) is -0.150. The van der Waals surface area contributed by atoms with Gasteiger partial charge in [0.05, 0.1) is 12.1 Å². The Morgan fingerprint density at radius 1 is 1.29 bits per heavy atom. The largest absolute Gasteiger partial charge is 0.380 e. The highest BCUT2D eigenvalue weighted by Crippen LogP contribution is 2.33. The van der Waals surface area contributed by atoms with Crippen LogP contribution in [0.2, 0.25) is 0 Å². The molecule has 1 saturated heterocycles. The van der Waals surface area contributed by atoms with Gasteiger partial charge in [-0.05, 0) is 25.7 Å². The van der Waals surface area contributed by atoms with Gasteiger partial charge in [-0.15, -0.1) is 0 Å². The third kappa shape index (κ3) is 2.60. The Hall–Kier alpha value is -2.22. The number of aromatic nitrogens is 5. The number of carbonyl (C=O) groups excluding carboxylic acids is 1. The summed E-state index contributed by atoms with van der Waals surface area (Å²) < 4.78 is 5.49. The van der Waals surface area contributed by atoms with Crippen LogP contribution in [0.5, 0.6) is 0 Å². The van der Waals surface area contributed by atoms with E-state index in [1.54, 1.807) is 7.11 Å². The Morgan fingerprint density at radius 3 is 2.96 bits per heavy atom. The van der Waals surface area contributed by atoms with E-state index in [1.807, 2.05) is 4.90 Å². The molecule has 2 N–H and O–H groups in total. The molecule has 0 saturated carbocycles. The number of ether oxygens (including phenoxy) is 1. The molecule has 2 aliphatic rings.